The third kappa shape index (κ3) is 3.34. The summed E-state index contributed by atoms with van der Waals surface area (Å²) < 4.78 is 1.99. The lowest BCUT2D eigenvalue weighted by Gasteiger charge is -2.29. The molecule has 1 aliphatic carbocycles. The number of fused-ring (bicyclic) bond motifs is 1. The smallest absolute Gasteiger partial charge is 0.131 e. The molecule has 2 aliphatic rings. The Bertz CT molecular complexity index is 758. The molecule has 3 heterocycles. The Morgan fingerprint density at radius 3 is 2.68 bits per heavy atom. The highest BCUT2D eigenvalue weighted by Gasteiger charge is 2.23. The van der Waals surface area contributed by atoms with Crippen molar-refractivity contribution in [2.24, 2.45) is 7.05 Å². The summed E-state index contributed by atoms with van der Waals surface area (Å²) >= 11 is 0. The molecular formula is C20H29N5. The van der Waals surface area contributed by atoms with E-state index in [1.165, 1.54) is 54.6 Å². The molecule has 0 atom stereocenters. The molecule has 25 heavy (non-hydrogen) atoms. The molecule has 5 heteroatoms. The average Bonchev–Trinajstić information content (AvgIpc) is 2.88. The SMILES string of the molecule is Cc1nn(C)c(C)c1CN1CCc2nc(C3CCCCC3)ncc2C1. The summed E-state index contributed by atoms with van der Waals surface area (Å²) in [6.07, 6.45) is 9.72. The molecule has 0 bridgehead atoms. The van der Waals surface area contributed by atoms with E-state index in [4.69, 9.17) is 9.97 Å². The Morgan fingerprint density at radius 1 is 1.16 bits per heavy atom. The first-order chi connectivity index (χ1) is 12.1. The summed E-state index contributed by atoms with van der Waals surface area (Å²) in [5.41, 5.74) is 6.38. The highest BCUT2D eigenvalue weighted by atomic mass is 15.3. The molecule has 134 valence electrons. The zero-order valence-corrected chi connectivity index (χ0v) is 15.8. The monoisotopic (exact) mass is 339 g/mol. The summed E-state index contributed by atoms with van der Waals surface area (Å²) in [7, 11) is 2.03. The first-order valence-corrected chi connectivity index (χ1v) is 9.68. The van der Waals surface area contributed by atoms with E-state index in [9.17, 15) is 0 Å². The van der Waals surface area contributed by atoms with E-state index in [0.29, 0.717) is 5.92 Å². The molecular weight excluding hydrogens is 310 g/mol. The van der Waals surface area contributed by atoms with Gasteiger partial charge in [0.2, 0.25) is 0 Å². The van der Waals surface area contributed by atoms with E-state index >= 15 is 0 Å². The molecule has 0 N–H and O–H groups in total. The van der Waals surface area contributed by atoms with Gasteiger partial charge in [0.15, 0.2) is 0 Å². The Kier molecular flexibility index (Phi) is 4.59. The van der Waals surface area contributed by atoms with Gasteiger partial charge in [-0.3, -0.25) is 9.58 Å². The fourth-order valence-corrected chi connectivity index (χ4v) is 4.35. The summed E-state index contributed by atoms with van der Waals surface area (Å²) in [5.74, 6) is 1.70. The second-order valence-corrected chi connectivity index (χ2v) is 7.77. The Morgan fingerprint density at radius 2 is 1.96 bits per heavy atom. The van der Waals surface area contributed by atoms with Gasteiger partial charge in [-0.2, -0.15) is 5.10 Å². The van der Waals surface area contributed by atoms with Crippen molar-refractivity contribution in [2.45, 2.75) is 71.4 Å². The van der Waals surface area contributed by atoms with Crippen LogP contribution in [0.2, 0.25) is 0 Å². The molecule has 0 unspecified atom stereocenters. The molecule has 0 aromatic carbocycles. The van der Waals surface area contributed by atoms with E-state index in [0.717, 1.165) is 37.6 Å². The summed E-state index contributed by atoms with van der Waals surface area (Å²) in [4.78, 5) is 12.2. The van der Waals surface area contributed by atoms with Crippen molar-refractivity contribution in [2.75, 3.05) is 6.54 Å². The van der Waals surface area contributed by atoms with Gasteiger partial charge in [-0.15, -0.1) is 0 Å². The van der Waals surface area contributed by atoms with Crippen LogP contribution in [0.25, 0.3) is 0 Å². The maximum Gasteiger partial charge on any atom is 0.131 e. The van der Waals surface area contributed by atoms with Gasteiger partial charge in [-0.25, -0.2) is 9.97 Å². The van der Waals surface area contributed by atoms with E-state index in [2.05, 4.69) is 30.0 Å². The molecule has 5 nitrogen and oxygen atoms in total. The predicted octanol–water partition coefficient (Wildman–Crippen LogP) is 3.43. The minimum atomic E-state index is 0.595. The molecule has 0 amide bonds. The fraction of sp³-hybridized carbons (Fsp3) is 0.650. The topological polar surface area (TPSA) is 46.8 Å². The van der Waals surface area contributed by atoms with Crippen molar-refractivity contribution in [3.63, 3.8) is 0 Å². The van der Waals surface area contributed by atoms with Crippen LogP contribution in [0.5, 0.6) is 0 Å². The predicted molar refractivity (Wildman–Crippen MR) is 98.4 cm³/mol. The summed E-state index contributed by atoms with van der Waals surface area (Å²) in [6.45, 7) is 7.26. The minimum absolute atomic E-state index is 0.595. The second-order valence-electron chi connectivity index (χ2n) is 7.77. The fourth-order valence-electron chi connectivity index (χ4n) is 4.35. The lowest BCUT2D eigenvalue weighted by molar-refractivity contribution is 0.241. The molecule has 0 saturated heterocycles. The maximum atomic E-state index is 4.96. The first-order valence-electron chi connectivity index (χ1n) is 9.68. The molecule has 1 aliphatic heterocycles. The maximum absolute atomic E-state index is 4.96. The average molecular weight is 339 g/mol. The third-order valence-electron chi connectivity index (χ3n) is 6.04. The van der Waals surface area contributed by atoms with Crippen LogP contribution >= 0.6 is 0 Å². The van der Waals surface area contributed by atoms with Gasteiger partial charge in [0.25, 0.3) is 0 Å². The van der Waals surface area contributed by atoms with Crippen molar-refractivity contribution in [1.29, 1.82) is 0 Å². The minimum Gasteiger partial charge on any atom is -0.294 e. The molecule has 1 fully saturated rings. The molecule has 2 aromatic heterocycles. The van der Waals surface area contributed by atoms with Crippen molar-refractivity contribution >= 4 is 0 Å². The van der Waals surface area contributed by atoms with Crippen molar-refractivity contribution in [1.82, 2.24) is 24.6 Å². The normalized spacial score (nSPS) is 19.2. The van der Waals surface area contributed by atoms with E-state index in [1.54, 1.807) is 0 Å². The van der Waals surface area contributed by atoms with Crippen LogP contribution in [-0.4, -0.2) is 31.2 Å². The zero-order chi connectivity index (χ0) is 17.4. The largest absolute Gasteiger partial charge is 0.294 e. The van der Waals surface area contributed by atoms with Crippen LogP contribution < -0.4 is 0 Å². The first kappa shape index (κ1) is 16.7. The molecule has 1 saturated carbocycles. The van der Waals surface area contributed by atoms with Gasteiger partial charge < -0.3 is 0 Å². The van der Waals surface area contributed by atoms with Gasteiger partial charge >= 0.3 is 0 Å². The Balaban J connectivity index is 1.48. The highest BCUT2D eigenvalue weighted by molar-refractivity contribution is 5.26. The molecule has 4 rings (SSSR count). The number of nitrogens with zero attached hydrogens (tertiary/aromatic N) is 5. The molecule has 2 aromatic rings. The number of aromatic nitrogens is 4. The highest BCUT2D eigenvalue weighted by Crippen LogP contribution is 2.31. The Hall–Kier alpha value is -1.75. The number of hydrogen-bond acceptors (Lipinski definition) is 4. The van der Waals surface area contributed by atoms with Crippen LogP contribution in [0.4, 0.5) is 0 Å². The zero-order valence-electron chi connectivity index (χ0n) is 15.8. The van der Waals surface area contributed by atoms with Crippen LogP contribution in [0.3, 0.4) is 0 Å². The molecule has 0 spiro atoms. The van der Waals surface area contributed by atoms with Gasteiger partial charge in [-0.1, -0.05) is 19.3 Å². The quantitative estimate of drug-likeness (QED) is 0.859. The van der Waals surface area contributed by atoms with Crippen LogP contribution in [0.15, 0.2) is 6.20 Å². The van der Waals surface area contributed by atoms with Crippen molar-refractivity contribution < 1.29 is 0 Å². The summed E-state index contributed by atoms with van der Waals surface area (Å²) in [6, 6.07) is 0. The van der Waals surface area contributed by atoms with Gasteiger partial charge in [0.1, 0.15) is 5.82 Å². The number of hydrogen-bond donors (Lipinski definition) is 0. The summed E-state index contributed by atoms with van der Waals surface area (Å²) in [5, 5.41) is 4.55. The van der Waals surface area contributed by atoms with E-state index in [1.807, 2.05) is 11.7 Å². The van der Waals surface area contributed by atoms with Crippen LogP contribution in [-0.2, 0) is 26.6 Å². The Labute approximate surface area is 150 Å². The van der Waals surface area contributed by atoms with Gasteiger partial charge in [0.05, 0.1) is 5.69 Å². The van der Waals surface area contributed by atoms with Gasteiger partial charge in [0, 0.05) is 67.7 Å². The lowest BCUT2D eigenvalue weighted by Crippen LogP contribution is -2.31. The van der Waals surface area contributed by atoms with Crippen molar-refractivity contribution in [3.8, 4) is 0 Å². The van der Waals surface area contributed by atoms with Crippen molar-refractivity contribution in [3.05, 3.63) is 40.2 Å². The molecule has 0 radical (unpaired) electrons. The van der Waals surface area contributed by atoms with E-state index in [-0.39, 0.29) is 0 Å². The van der Waals surface area contributed by atoms with Gasteiger partial charge in [-0.05, 0) is 26.7 Å². The third-order valence-corrected chi connectivity index (χ3v) is 6.04. The number of rotatable bonds is 3. The lowest BCUT2D eigenvalue weighted by atomic mass is 9.88. The van der Waals surface area contributed by atoms with Crippen LogP contribution in [0, 0.1) is 13.8 Å². The van der Waals surface area contributed by atoms with Crippen LogP contribution in [0.1, 0.15) is 72.1 Å². The standard InChI is InChI=1S/C20H29N5/c1-14-18(15(2)24(3)23-14)13-25-10-9-19-17(12-25)11-21-20(22-19)16-7-5-4-6-8-16/h11,16H,4-10,12-13H2,1-3H3. The van der Waals surface area contributed by atoms with E-state index < -0.39 is 0 Å². The number of aryl methyl sites for hydroxylation is 2. The second kappa shape index (κ2) is 6.87.